The first kappa shape index (κ1) is 20.6. The number of unbranched alkanes of at least 4 members (excludes halogenated alkanes) is 2. The van der Waals surface area contributed by atoms with Gasteiger partial charge in [-0.15, -0.1) is 0 Å². The quantitative estimate of drug-likeness (QED) is 0.359. The van der Waals surface area contributed by atoms with E-state index >= 15 is 0 Å². The number of hydrogen-bond acceptors (Lipinski definition) is 4. The van der Waals surface area contributed by atoms with Gasteiger partial charge in [0, 0.05) is 0 Å². The van der Waals surface area contributed by atoms with Crippen molar-refractivity contribution < 1.29 is 18.8 Å². The molecule has 1 rings (SSSR count). The summed E-state index contributed by atoms with van der Waals surface area (Å²) in [5.41, 5.74) is -0.0243. The molecule has 24 heavy (non-hydrogen) atoms. The van der Waals surface area contributed by atoms with Crippen molar-refractivity contribution in [2.75, 3.05) is 19.4 Å². The first-order chi connectivity index (χ1) is 11.5. The lowest BCUT2D eigenvalue weighted by molar-refractivity contribution is 0.107. The molecule has 1 atom stereocenters. The van der Waals surface area contributed by atoms with Gasteiger partial charge >= 0.3 is 13.3 Å². The highest BCUT2D eigenvalue weighted by Gasteiger charge is 2.35. The number of benzene rings is 1. The molecule has 0 aliphatic heterocycles. The van der Waals surface area contributed by atoms with Crippen LogP contribution in [-0.2, 0) is 4.57 Å². The van der Waals surface area contributed by atoms with Crippen LogP contribution in [0.1, 0.15) is 63.7 Å². The largest absolute Gasteiger partial charge is 0.493 e. The molecular weight excluding hydrogens is 323 g/mol. The van der Waals surface area contributed by atoms with Crippen molar-refractivity contribution in [3.8, 4) is 11.5 Å². The number of carbonyl (C=O) groups is 1. The van der Waals surface area contributed by atoms with Crippen molar-refractivity contribution >= 4 is 13.3 Å². The highest BCUT2D eigenvalue weighted by Crippen LogP contribution is 2.38. The van der Waals surface area contributed by atoms with Crippen LogP contribution in [0, 0.1) is 5.92 Å². The maximum atomic E-state index is 12.7. The second kappa shape index (κ2) is 11.2. The molecule has 0 aliphatic rings. The van der Waals surface area contributed by atoms with Crippen LogP contribution in [0.2, 0.25) is 0 Å². The normalized spacial score (nSPS) is 11.5. The third-order valence-electron chi connectivity index (χ3n) is 3.47. The molecule has 0 amide bonds. The second-order valence-corrected chi connectivity index (χ2v) is 7.82. The maximum Gasteiger partial charge on any atom is 0.420 e. The smallest absolute Gasteiger partial charge is 0.420 e. The van der Waals surface area contributed by atoms with Gasteiger partial charge in [0.2, 0.25) is 0 Å². The Hall–Kier alpha value is -1.41. The van der Waals surface area contributed by atoms with E-state index in [1.54, 1.807) is 12.1 Å². The second-order valence-electron chi connectivity index (χ2n) is 6.29. The van der Waals surface area contributed by atoms with Crippen LogP contribution in [0.15, 0.2) is 18.2 Å². The predicted octanol–water partition coefficient (Wildman–Crippen LogP) is 5.67. The van der Waals surface area contributed by atoms with Gasteiger partial charge in [0.25, 0.3) is 0 Å². The Morgan fingerprint density at radius 2 is 1.54 bits per heavy atom. The lowest BCUT2D eigenvalue weighted by Crippen LogP contribution is -2.08. The number of rotatable bonds is 12. The Kier molecular flexibility index (Phi) is 9.63. The van der Waals surface area contributed by atoms with Gasteiger partial charge in [-0.05, 0) is 30.9 Å². The minimum absolute atomic E-state index is 0.204. The summed E-state index contributed by atoms with van der Waals surface area (Å²) in [4.78, 5) is 12.7. The van der Waals surface area contributed by atoms with Crippen molar-refractivity contribution in [1.29, 1.82) is 0 Å². The number of carbonyl (C=O) groups excluding carboxylic acids is 1. The van der Waals surface area contributed by atoms with Gasteiger partial charge in [-0.25, -0.2) is 4.79 Å². The Balaban J connectivity index is 3.07. The minimum atomic E-state index is -1.98. The van der Waals surface area contributed by atoms with Crippen LogP contribution in [0.3, 0.4) is 0 Å². The third-order valence-corrected chi connectivity index (χ3v) is 5.21. The molecule has 1 aromatic carbocycles. The van der Waals surface area contributed by atoms with E-state index in [-0.39, 0.29) is 11.4 Å². The molecule has 4 nitrogen and oxygen atoms in total. The van der Waals surface area contributed by atoms with E-state index in [1.807, 2.05) is 19.9 Å². The summed E-state index contributed by atoms with van der Waals surface area (Å²) in [6.45, 7) is 9.16. The van der Waals surface area contributed by atoms with E-state index in [2.05, 4.69) is 13.8 Å². The number of hydrogen-bond donors (Lipinski definition) is 0. The molecule has 0 fully saturated rings. The Morgan fingerprint density at radius 3 is 1.96 bits per heavy atom. The predicted molar refractivity (Wildman–Crippen MR) is 98.9 cm³/mol. The van der Waals surface area contributed by atoms with Gasteiger partial charge in [0.1, 0.15) is 11.5 Å². The van der Waals surface area contributed by atoms with Gasteiger partial charge in [0.05, 0.1) is 13.2 Å². The average molecular weight is 353 g/mol. The topological polar surface area (TPSA) is 52.6 Å². The molecule has 5 heteroatoms. The average Bonchev–Trinajstić information content (AvgIpc) is 2.54. The Morgan fingerprint density at radius 1 is 1.04 bits per heavy atom. The summed E-state index contributed by atoms with van der Waals surface area (Å²) in [6, 6.07) is 5.33. The summed E-state index contributed by atoms with van der Waals surface area (Å²) < 4.78 is 23.9. The summed E-state index contributed by atoms with van der Waals surface area (Å²) in [6.07, 6.45) is 4.22. The van der Waals surface area contributed by atoms with Gasteiger partial charge in [-0.1, -0.05) is 51.2 Å². The molecule has 0 saturated heterocycles. The van der Waals surface area contributed by atoms with Crippen LogP contribution >= 0.6 is 7.80 Å². The van der Waals surface area contributed by atoms with Crippen molar-refractivity contribution in [2.45, 2.75) is 53.4 Å². The fourth-order valence-corrected chi connectivity index (χ4v) is 3.45. The van der Waals surface area contributed by atoms with E-state index in [1.165, 1.54) is 0 Å². The van der Waals surface area contributed by atoms with Crippen molar-refractivity contribution in [1.82, 2.24) is 0 Å². The van der Waals surface area contributed by atoms with Gasteiger partial charge in [-0.3, -0.25) is 0 Å². The molecule has 0 aliphatic carbocycles. The molecule has 134 valence electrons. The fraction of sp³-hybridized carbons (Fsp3) is 0.632. The van der Waals surface area contributed by atoms with Crippen LogP contribution in [0.25, 0.3) is 0 Å². The van der Waals surface area contributed by atoms with Crippen LogP contribution < -0.4 is 9.47 Å². The zero-order valence-corrected chi connectivity index (χ0v) is 16.2. The van der Waals surface area contributed by atoms with Gasteiger partial charge in [-0.2, -0.15) is 0 Å². The Bertz CT molecular complexity index is 512. The molecule has 0 aromatic heterocycles. The lowest BCUT2D eigenvalue weighted by Gasteiger charge is -2.13. The molecule has 0 bridgehead atoms. The highest BCUT2D eigenvalue weighted by molar-refractivity contribution is 7.64. The summed E-state index contributed by atoms with van der Waals surface area (Å²) >= 11 is 0. The first-order valence-electron chi connectivity index (χ1n) is 8.88. The lowest BCUT2D eigenvalue weighted by atomic mass is 10.2. The van der Waals surface area contributed by atoms with Crippen molar-refractivity contribution in [2.24, 2.45) is 5.92 Å². The molecule has 0 radical (unpaired) electrons. The SMILES string of the molecule is CCCCOc1cccc(OCCCC)c1C(=O)[P+](=O)CC(C)C. The van der Waals surface area contributed by atoms with Crippen molar-refractivity contribution in [3.63, 3.8) is 0 Å². The van der Waals surface area contributed by atoms with E-state index < -0.39 is 7.80 Å². The molecule has 1 aromatic rings. The first-order valence-corrected chi connectivity index (χ1v) is 10.3. The van der Waals surface area contributed by atoms with E-state index in [4.69, 9.17) is 9.47 Å². The third kappa shape index (κ3) is 6.60. The summed E-state index contributed by atoms with van der Waals surface area (Å²) in [7, 11) is -1.98. The number of ether oxygens (including phenoxy) is 2. The molecular formula is C19H30O4P+. The molecule has 0 N–H and O–H groups in total. The van der Waals surface area contributed by atoms with E-state index in [9.17, 15) is 9.36 Å². The van der Waals surface area contributed by atoms with E-state index in [0.717, 1.165) is 25.7 Å². The summed E-state index contributed by atoms with van der Waals surface area (Å²) in [5, 5.41) is 0. The van der Waals surface area contributed by atoms with Crippen molar-refractivity contribution in [3.05, 3.63) is 23.8 Å². The maximum absolute atomic E-state index is 12.7. The van der Waals surface area contributed by atoms with Gasteiger partial charge in [0.15, 0.2) is 11.7 Å². The van der Waals surface area contributed by atoms with Crippen LogP contribution in [0.5, 0.6) is 11.5 Å². The van der Waals surface area contributed by atoms with E-state index in [0.29, 0.717) is 36.4 Å². The zero-order chi connectivity index (χ0) is 17.9. The molecule has 1 unspecified atom stereocenters. The minimum Gasteiger partial charge on any atom is -0.493 e. The highest BCUT2D eigenvalue weighted by atomic mass is 31.1. The summed E-state index contributed by atoms with van der Waals surface area (Å²) in [5.74, 6) is 1.17. The van der Waals surface area contributed by atoms with Gasteiger partial charge < -0.3 is 9.47 Å². The zero-order valence-electron chi connectivity index (χ0n) is 15.3. The molecule has 0 heterocycles. The Labute approximate surface area is 146 Å². The molecule has 0 saturated carbocycles. The standard InChI is InChI=1S/C19H30O4P/c1-5-7-12-22-16-10-9-11-17(23-13-8-6-2)18(16)19(20)24(21)14-15(3)4/h9-11,15H,5-8,12-14H2,1-4H3/q+1. The monoisotopic (exact) mass is 353 g/mol. The molecule has 0 spiro atoms. The van der Waals surface area contributed by atoms with Crippen LogP contribution in [0.4, 0.5) is 0 Å². The fourth-order valence-electron chi connectivity index (χ4n) is 2.15. The van der Waals surface area contributed by atoms with Crippen LogP contribution in [-0.4, -0.2) is 24.9 Å².